The third-order valence-electron chi connectivity index (χ3n) is 3.75. The van der Waals surface area contributed by atoms with Gasteiger partial charge < -0.3 is 5.32 Å². The van der Waals surface area contributed by atoms with Crippen molar-refractivity contribution in [3.63, 3.8) is 0 Å². The smallest absolute Gasteiger partial charge is 0.123 e. The van der Waals surface area contributed by atoms with Crippen LogP contribution in [-0.4, -0.2) is 7.05 Å². The molecule has 3 heteroatoms. The first kappa shape index (κ1) is 15.5. The van der Waals surface area contributed by atoms with Gasteiger partial charge in [-0.05, 0) is 48.6 Å². The molecule has 0 radical (unpaired) electrons. The van der Waals surface area contributed by atoms with Crippen molar-refractivity contribution in [2.75, 3.05) is 7.05 Å². The average molecular weight is 272 g/mol. The first-order valence-corrected chi connectivity index (χ1v) is 6.75. The lowest BCUT2D eigenvalue weighted by molar-refractivity contribution is 0.226. The summed E-state index contributed by atoms with van der Waals surface area (Å²) in [5.41, 5.74) is 1.07. The fourth-order valence-corrected chi connectivity index (χ4v) is 2.14. The van der Waals surface area contributed by atoms with Crippen LogP contribution in [0.1, 0.15) is 45.7 Å². The summed E-state index contributed by atoms with van der Waals surface area (Å²) in [6, 6.07) is 4.63. The molecule has 0 aliphatic heterocycles. The highest BCUT2D eigenvalue weighted by Crippen LogP contribution is 2.35. The number of hydrogen-bond donors (Lipinski definition) is 1. The molecule has 1 rings (SSSR count). The summed E-state index contributed by atoms with van der Waals surface area (Å²) >= 11 is 6.16. The Morgan fingerprint density at radius 3 is 2.44 bits per heavy atom. The lowest BCUT2D eigenvalue weighted by Crippen LogP contribution is -2.25. The van der Waals surface area contributed by atoms with Gasteiger partial charge in [-0.15, -0.1) is 0 Å². The molecule has 0 aromatic heterocycles. The number of nitrogens with one attached hydrogen (secondary N) is 1. The maximum Gasteiger partial charge on any atom is 0.123 e. The molecular weight excluding hydrogens is 249 g/mol. The van der Waals surface area contributed by atoms with Gasteiger partial charge in [-0.2, -0.15) is 0 Å². The van der Waals surface area contributed by atoms with Gasteiger partial charge in [-0.1, -0.05) is 39.3 Å². The summed E-state index contributed by atoms with van der Waals surface area (Å²) in [6.45, 7) is 8.88. The molecule has 1 aromatic rings. The van der Waals surface area contributed by atoms with Crippen LogP contribution in [0.15, 0.2) is 18.2 Å². The molecule has 0 heterocycles. The molecule has 0 aliphatic rings. The highest BCUT2D eigenvalue weighted by molar-refractivity contribution is 6.31. The third-order valence-corrected chi connectivity index (χ3v) is 4.09. The van der Waals surface area contributed by atoms with Gasteiger partial charge in [0.25, 0.3) is 0 Å². The summed E-state index contributed by atoms with van der Waals surface area (Å²) in [5.74, 6) is 0.271. The molecule has 0 aliphatic carbocycles. The van der Waals surface area contributed by atoms with Crippen LogP contribution >= 0.6 is 11.6 Å². The third kappa shape index (κ3) is 3.96. The highest BCUT2D eigenvalue weighted by Gasteiger charge is 2.24. The number of benzene rings is 1. The van der Waals surface area contributed by atoms with E-state index >= 15 is 0 Å². The van der Waals surface area contributed by atoms with Crippen molar-refractivity contribution in [1.82, 2.24) is 5.32 Å². The van der Waals surface area contributed by atoms with Crippen LogP contribution in [0.3, 0.4) is 0 Å². The van der Waals surface area contributed by atoms with Crippen LogP contribution in [0.25, 0.3) is 0 Å². The lowest BCUT2D eigenvalue weighted by Gasteiger charge is -2.31. The maximum atomic E-state index is 13.3. The Bertz CT molecular complexity index is 398. The molecule has 0 fully saturated rings. The lowest BCUT2D eigenvalue weighted by atomic mass is 9.77. The van der Waals surface area contributed by atoms with E-state index in [1.807, 2.05) is 7.05 Å². The predicted octanol–water partition coefficient (Wildman–Crippen LogP) is 4.81. The topological polar surface area (TPSA) is 12.0 Å². The molecule has 2 atom stereocenters. The molecule has 1 N–H and O–H groups in total. The van der Waals surface area contributed by atoms with Gasteiger partial charge in [0.1, 0.15) is 5.82 Å². The molecule has 0 spiro atoms. The molecule has 0 saturated heterocycles. The molecule has 18 heavy (non-hydrogen) atoms. The summed E-state index contributed by atoms with van der Waals surface area (Å²) in [7, 11) is 1.89. The zero-order chi connectivity index (χ0) is 13.9. The average Bonchev–Trinajstić information content (AvgIpc) is 2.28. The van der Waals surface area contributed by atoms with Gasteiger partial charge in [0, 0.05) is 11.1 Å². The minimum absolute atomic E-state index is 0.0856. The van der Waals surface area contributed by atoms with E-state index in [0.29, 0.717) is 10.9 Å². The van der Waals surface area contributed by atoms with Crippen molar-refractivity contribution in [3.05, 3.63) is 34.6 Å². The summed E-state index contributed by atoms with van der Waals surface area (Å²) in [4.78, 5) is 0. The first-order valence-electron chi connectivity index (χ1n) is 6.38. The molecule has 0 saturated carbocycles. The molecule has 1 nitrogen and oxygen atoms in total. The largest absolute Gasteiger partial charge is 0.313 e. The van der Waals surface area contributed by atoms with Crippen LogP contribution in [0.2, 0.25) is 5.02 Å². The highest BCUT2D eigenvalue weighted by atomic mass is 35.5. The van der Waals surface area contributed by atoms with Crippen LogP contribution < -0.4 is 5.32 Å². The van der Waals surface area contributed by atoms with Crippen molar-refractivity contribution in [2.45, 2.75) is 40.2 Å². The summed E-state index contributed by atoms with van der Waals surface area (Å²) in [5, 5.41) is 3.86. The normalized spacial score (nSPS) is 15.5. The van der Waals surface area contributed by atoms with Gasteiger partial charge in [0.2, 0.25) is 0 Å². The Morgan fingerprint density at radius 1 is 1.33 bits per heavy atom. The van der Waals surface area contributed by atoms with E-state index in [9.17, 15) is 4.39 Å². The molecule has 0 amide bonds. The van der Waals surface area contributed by atoms with Crippen molar-refractivity contribution in [1.29, 1.82) is 0 Å². The van der Waals surface area contributed by atoms with Crippen LogP contribution in [0.4, 0.5) is 4.39 Å². The Hall–Kier alpha value is -0.600. The van der Waals surface area contributed by atoms with E-state index in [4.69, 9.17) is 11.6 Å². The van der Waals surface area contributed by atoms with Crippen molar-refractivity contribution >= 4 is 11.6 Å². The van der Waals surface area contributed by atoms with Crippen molar-refractivity contribution in [2.24, 2.45) is 11.3 Å². The zero-order valence-electron chi connectivity index (χ0n) is 11.8. The maximum absolute atomic E-state index is 13.3. The summed E-state index contributed by atoms with van der Waals surface area (Å²) in [6.07, 6.45) is 0.934. The second-order valence-electron chi connectivity index (χ2n) is 6.01. The minimum Gasteiger partial charge on any atom is -0.313 e. The van der Waals surface area contributed by atoms with Gasteiger partial charge in [0.05, 0.1) is 0 Å². The number of halogens is 2. The van der Waals surface area contributed by atoms with Crippen LogP contribution in [0, 0.1) is 17.2 Å². The first-order chi connectivity index (χ1) is 8.25. The van der Waals surface area contributed by atoms with Crippen molar-refractivity contribution in [3.8, 4) is 0 Å². The second-order valence-corrected chi connectivity index (χ2v) is 6.42. The van der Waals surface area contributed by atoms with Crippen LogP contribution in [0.5, 0.6) is 0 Å². The van der Waals surface area contributed by atoms with Crippen molar-refractivity contribution < 1.29 is 4.39 Å². The van der Waals surface area contributed by atoms with E-state index < -0.39 is 0 Å². The predicted molar refractivity (Wildman–Crippen MR) is 76.4 cm³/mol. The number of rotatable bonds is 4. The quantitative estimate of drug-likeness (QED) is 0.828. The molecule has 0 bridgehead atoms. The van der Waals surface area contributed by atoms with E-state index in [1.165, 1.54) is 12.1 Å². The van der Waals surface area contributed by atoms with Gasteiger partial charge in [-0.25, -0.2) is 4.39 Å². The van der Waals surface area contributed by atoms with Crippen LogP contribution in [-0.2, 0) is 0 Å². The fourth-order valence-electron chi connectivity index (χ4n) is 1.89. The Morgan fingerprint density at radius 2 is 1.94 bits per heavy atom. The van der Waals surface area contributed by atoms with Gasteiger partial charge >= 0.3 is 0 Å². The monoisotopic (exact) mass is 271 g/mol. The number of hydrogen-bond acceptors (Lipinski definition) is 1. The Balaban J connectivity index is 2.93. The Labute approximate surface area is 115 Å². The second kappa shape index (κ2) is 6.03. The molecular formula is C15H23ClFN. The van der Waals surface area contributed by atoms with E-state index in [1.54, 1.807) is 6.07 Å². The van der Waals surface area contributed by atoms with E-state index in [0.717, 1.165) is 12.0 Å². The minimum atomic E-state index is -0.238. The SMILES string of the molecule is CNC(CC(C)C(C)(C)C)c1cc(F)ccc1Cl. The zero-order valence-corrected chi connectivity index (χ0v) is 12.6. The molecule has 1 aromatic carbocycles. The van der Waals surface area contributed by atoms with E-state index in [2.05, 4.69) is 33.0 Å². The summed E-state index contributed by atoms with van der Waals surface area (Å²) < 4.78 is 13.3. The molecule has 2 unspecified atom stereocenters. The van der Waals surface area contributed by atoms with Gasteiger partial charge in [-0.3, -0.25) is 0 Å². The Kier molecular flexibility index (Phi) is 5.18. The fraction of sp³-hybridized carbons (Fsp3) is 0.600. The standard InChI is InChI=1S/C15H23ClFN/c1-10(15(2,3)4)8-14(18-5)12-9-11(17)6-7-13(12)16/h6-7,9-10,14,18H,8H2,1-5H3. The molecule has 102 valence electrons. The van der Waals surface area contributed by atoms with E-state index in [-0.39, 0.29) is 17.3 Å². The van der Waals surface area contributed by atoms with Gasteiger partial charge in [0.15, 0.2) is 0 Å².